The van der Waals surface area contributed by atoms with Crippen molar-refractivity contribution in [2.75, 3.05) is 18.0 Å². The summed E-state index contributed by atoms with van der Waals surface area (Å²) < 4.78 is 41.8. The van der Waals surface area contributed by atoms with Gasteiger partial charge in [0.05, 0.1) is 15.7 Å². The lowest BCUT2D eigenvalue weighted by atomic mass is 9.90. The highest BCUT2D eigenvalue weighted by molar-refractivity contribution is 7.16. The molecule has 1 radical (unpaired) electrons. The number of halogens is 3. The van der Waals surface area contributed by atoms with Gasteiger partial charge in [-0.1, -0.05) is 12.1 Å². The highest BCUT2D eigenvalue weighted by Gasteiger charge is 2.31. The third kappa shape index (κ3) is 4.53. The minimum atomic E-state index is -4.65. The van der Waals surface area contributed by atoms with E-state index in [1.165, 1.54) is 16.8 Å². The Hall–Kier alpha value is -2.28. The van der Waals surface area contributed by atoms with Gasteiger partial charge in [0.1, 0.15) is 5.75 Å². The molecule has 2 aromatic carbocycles. The van der Waals surface area contributed by atoms with E-state index in [4.69, 9.17) is 0 Å². The zero-order valence-corrected chi connectivity index (χ0v) is 15.3. The second-order valence-electron chi connectivity index (χ2n) is 6.75. The molecule has 4 rings (SSSR count). The molecule has 27 heavy (non-hydrogen) atoms. The first kappa shape index (κ1) is 18.1. The van der Waals surface area contributed by atoms with Gasteiger partial charge in [0.15, 0.2) is 0 Å². The molecule has 0 N–H and O–H groups in total. The van der Waals surface area contributed by atoms with Gasteiger partial charge in [0, 0.05) is 24.8 Å². The van der Waals surface area contributed by atoms with Gasteiger partial charge in [0.2, 0.25) is 0 Å². The predicted molar refractivity (Wildman–Crippen MR) is 100 cm³/mol. The Morgan fingerprint density at radius 2 is 1.93 bits per heavy atom. The van der Waals surface area contributed by atoms with Crippen LogP contribution in [0.2, 0.25) is 0 Å². The van der Waals surface area contributed by atoms with E-state index in [9.17, 15) is 13.2 Å². The molecule has 1 aliphatic heterocycles. The molecule has 141 valence electrons. The Bertz CT molecular complexity index is 899. The summed E-state index contributed by atoms with van der Waals surface area (Å²) in [4.78, 5) is 6.63. The van der Waals surface area contributed by atoms with Crippen molar-refractivity contribution >= 4 is 27.2 Å². The minimum absolute atomic E-state index is 0.171. The lowest BCUT2D eigenvalue weighted by molar-refractivity contribution is -0.274. The van der Waals surface area contributed by atoms with Gasteiger partial charge in [0.25, 0.3) is 0 Å². The van der Waals surface area contributed by atoms with Crippen LogP contribution in [0.25, 0.3) is 10.2 Å². The highest BCUT2D eigenvalue weighted by atomic mass is 32.1. The Morgan fingerprint density at radius 1 is 1.19 bits per heavy atom. The van der Waals surface area contributed by atoms with Crippen molar-refractivity contribution < 1.29 is 17.9 Å². The van der Waals surface area contributed by atoms with E-state index >= 15 is 0 Å². The number of fused-ring (bicyclic) bond motifs is 1. The quantitative estimate of drug-likeness (QED) is 0.591. The van der Waals surface area contributed by atoms with Crippen LogP contribution >= 0.6 is 11.3 Å². The van der Waals surface area contributed by atoms with Crippen LogP contribution in [0, 0.1) is 12.0 Å². The summed E-state index contributed by atoms with van der Waals surface area (Å²) in [7, 11) is 0. The summed E-state index contributed by atoms with van der Waals surface area (Å²) >= 11 is 1.63. The number of thiazole rings is 1. The van der Waals surface area contributed by atoms with Crippen molar-refractivity contribution in [1.29, 1.82) is 0 Å². The fraction of sp³-hybridized carbons (Fsp3) is 0.350. The van der Waals surface area contributed by atoms with Crippen molar-refractivity contribution in [1.82, 2.24) is 4.98 Å². The summed E-state index contributed by atoms with van der Waals surface area (Å²) in [5.74, 6) is 0.359. The van der Waals surface area contributed by atoms with Crippen molar-refractivity contribution in [2.45, 2.75) is 25.6 Å². The van der Waals surface area contributed by atoms with Crippen molar-refractivity contribution in [3.05, 3.63) is 53.5 Å². The number of ether oxygens (including phenoxy) is 1. The van der Waals surface area contributed by atoms with Crippen molar-refractivity contribution in [2.24, 2.45) is 5.92 Å². The van der Waals surface area contributed by atoms with E-state index < -0.39 is 6.36 Å². The van der Waals surface area contributed by atoms with Crippen LogP contribution in [0.4, 0.5) is 18.9 Å². The van der Waals surface area contributed by atoms with Gasteiger partial charge in [-0.3, -0.25) is 0 Å². The van der Waals surface area contributed by atoms with E-state index in [-0.39, 0.29) is 5.75 Å². The average molecular weight is 391 g/mol. The molecule has 3 nitrogen and oxygen atoms in total. The number of alkyl halides is 3. The molecule has 0 aliphatic carbocycles. The van der Waals surface area contributed by atoms with Gasteiger partial charge >= 0.3 is 6.36 Å². The smallest absolute Gasteiger partial charge is 0.406 e. The summed E-state index contributed by atoms with van der Waals surface area (Å²) in [6.45, 7) is 1.92. The molecule has 1 aromatic heterocycles. The fourth-order valence-corrected chi connectivity index (χ4v) is 4.20. The second kappa shape index (κ2) is 7.38. The molecule has 0 unspecified atom stereocenters. The van der Waals surface area contributed by atoms with Crippen LogP contribution < -0.4 is 9.64 Å². The van der Waals surface area contributed by atoms with E-state index in [1.807, 2.05) is 11.6 Å². The number of anilines is 1. The first-order valence-corrected chi connectivity index (χ1v) is 9.69. The normalized spacial score (nSPS) is 16.0. The Balaban J connectivity index is 1.32. The topological polar surface area (TPSA) is 25.4 Å². The Kier molecular flexibility index (Phi) is 4.95. The number of hydrogen-bond donors (Lipinski definition) is 0. The molecule has 7 heteroatoms. The molecule has 3 aromatic rings. The molecule has 0 spiro atoms. The maximum Gasteiger partial charge on any atom is 0.573 e. The maximum atomic E-state index is 12.2. The third-order valence-corrected chi connectivity index (χ3v) is 5.68. The standard InChI is InChI=1S/C20H18F3N2OS/c21-20(22,23)26-17-4-1-14(2-5-17)11-15-7-9-25(10-8-15)16-3-6-18-19(12-16)27-13-24-18/h1-2,4-6,12-13,15H,7-11H2. The summed E-state index contributed by atoms with van der Waals surface area (Å²) in [5, 5.41) is 0. The molecular weight excluding hydrogens is 373 g/mol. The first-order valence-electron chi connectivity index (χ1n) is 8.81. The van der Waals surface area contributed by atoms with E-state index in [2.05, 4.69) is 26.8 Å². The number of aromatic nitrogens is 1. The minimum Gasteiger partial charge on any atom is -0.406 e. The van der Waals surface area contributed by atoms with Gasteiger partial charge < -0.3 is 9.64 Å². The van der Waals surface area contributed by atoms with Crippen LogP contribution in [0.1, 0.15) is 18.4 Å². The van der Waals surface area contributed by atoms with E-state index in [1.54, 1.807) is 23.5 Å². The monoisotopic (exact) mass is 391 g/mol. The van der Waals surface area contributed by atoms with Crippen LogP contribution in [-0.4, -0.2) is 24.4 Å². The SMILES string of the molecule is FC(F)(F)Oc1ccc(CC2CCN(c3[c]cc4ncsc4c3)CC2)cc1. The highest BCUT2D eigenvalue weighted by Crippen LogP contribution is 2.29. The lowest BCUT2D eigenvalue weighted by Gasteiger charge is -2.33. The van der Waals surface area contributed by atoms with Crippen LogP contribution in [-0.2, 0) is 6.42 Å². The molecule has 0 bridgehead atoms. The Morgan fingerprint density at radius 3 is 2.63 bits per heavy atom. The molecular formula is C20H18F3N2OS. The van der Waals surface area contributed by atoms with E-state index in [0.717, 1.165) is 49.1 Å². The average Bonchev–Trinajstić information content (AvgIpc) is 3.10. The zero-order chi connectivity index (χ0) is 18.9. The molecule has 0 amide bonds. The third-order valence-electron chi connectivity index (χ3n) is 4.89. The number of piperidine rings is 1. The molecule has 0 saturated carbocycles. The Labute approximate surface area is 159 Å². The lowest BCUT2D eigenvalue weighted by Crippen LogP contribution is -2.34. The van der Waals surface area contributed by atoms with E-state index in [0.29, 0.717) is 5.92 Å². The summed E-state index contributed by atoms with van der Waals surface area (Å²) in [5.41, 5.74) is 4.98. The molecule has 1 aliphatic rings. The van der Waals surface area contributed by atoms with Crippen LogP contribution in [0.15, 0.2) is 41.9 Å². The van der Waals surface area contributed by atoms with Gasteiger partial charge in [-0.15, -0.1) is 24.5 Å². The predicted octanol–water partition coefficient (Wildman–Crippen LogP) is 5.45. The summed E-state index contributed by atoms with van der Waals surface area (Å²) in [6, 6.07) is 13.6. The molecule has 0 atom stereocenters. The number of hydrogen-bond acceptors (Lipinski definition) is 4. The number of benzene rings is 2. The van der Waals surface area contributed by atoms with Gasteiger partial charge in [-0.2, -0.15) is 0 Å². The largest absolute Gasteiger partial charge is 0.573 e. The molecule has 1 saturated heterocycles. The van der Waals surface area contributed by atoms with Crippen molar-refractivity contribution in [3.63, 3.8) is 0 Å². The zero-order valence-electron chi connectivity index (χ0n) is 14.5. The second-order valence-corrected chi connectivity index (χ2v) is 7.63. The number of rotatable bonds is 4. The maximum absolute atomic E-state index is 12.2. The fourth-order valence-electron chi connectivity index (χ4n) is 3.51. The summed E-state index contributed by atoms with van der Waals surface area (Å²) in [6.07, 6.45) is -1.67. The van der Waals surface area contributed by atoms with Gasteiger partial charge in [-0.25, -0.2) is 4.98 Å². The van der Waals surface area contributed by atoms with Gasteiger partial charge in [-0.05, 0) is 55.0 Å². The molecule has 2 heterocycles. The number of nitrogens with zero attached hydrogens (tertiary/aromatic N) is 2. The first-order chi connectivity index (χ1) is 13.0. The van der Waals surface area contributed by atoms with Crippen LogP contribution in [0.3, 0.4) is 0 Å². The van der Waals surface area contributed by atoms with Crippen molar-refractivity contribution in [3.8, 4) is 5.75 Å². The molecule has 1 fully saturated rings. The van der Waals surface area contributed by atoms with Crippen LogP contribution in [0.5, 0.6) is 5.75 Å².